The second-order valence-corrected chi connectivity index (χ2v) is 9.02. The molecule has 0 bridgehead atoms. The van der Waals surface area contributed by atoms with Crippen molar-refractivity contribution >= 4 is 45.4 Å². The minimum Gasteiger partial charge on any atom is -0.492 e. The quantitative estimate of drug-likeness (QED) is 0.266. The van der Waals surface area contributed by atoms with E-state index in [-0.39, 0.29) is 22.8 Å². The Labute approximate surface area is 196 Å². The highest BCUT2D eigenvalue weighted by Gasteiger charge is 2.19. The Balaban J connectivity index is 1.63. The predicted octanol–water partition coefficient (Wildman–Crippen LogP) is 5.32. The molecule has 1 amide bonds. The SMILES string of the molecule is CCOc1ccccc1NC(=O)CSc1nc2c(oc3ccccc32)c(=O)n1CCC(C)C. The fraction of sp³-hybridized carbons (Fsp3) is 0.320. The summed E-state index contributed by atoms with van der Waals surface area (Å²) >= 11 is 1.24. The van der Waals surface area contributed by atoms with Crippen LogP contribution in [0, 0.1) is 5.92 Å². The molecule has 2 aromatic carbocycles. The van der Waals surface area contributed by atoms with E-state index >= 15 is 0 Å². The van der Waals surface area contributed by atoms with Gasteiger partial charge in [-0.3, -0.25) is 14.2 Å². The Morgan fingerprint density at radius 2 is 1.94 bits per heavy atom. The molecule has 4 rings (SSSR count). The fourth-order valence-electron chi connectivity index (χ4n) is 3.52. The molecule has 0 aliphatic carbocycles. The van der Waals surface area contributed by atoms with E-state index < -0.39 is 0 Å². The van der Waals surface area contributed by atoms with Crippen molar-refractivity contribution in [1.29, 1.82) is 0 Å². The number of thioether (sulfide) groups is 1. The number of benzene rings is 2. The van der Waals surface area contributed by atoms with Gasteiger partial charge in [0.05, 0.1) is 18.0 Å². The summed E-state index contributed by atoms with van der Waals surface area (Å²) in [5.41, 5.74) is 1.80. The van der Waals surface area contributed by atoms with E-state index in [1.54, 1.807) is 10.6 Å². The zero-order valence-electron chi connectivity index (χ0n) is 19.0. The highest BCUT2D eigenvalue weighted by molar-refractivity contribution is 7.99. The molecule has 0 radical (unpaired) electrons. The van der Waals surface area contributed by atoms with Crippen LogP contribution in [0.1, 0.15) is 27.2 Å². The first-order chi connectivity index (χ1) is 16.0. The lowest BCUT2D eigenvalue weighted by Gasteiger charge is -2.13. The first-order valence-electron chi connectivity index (χ1n) is 11.0. The first-order valence-corrected chi connectivity index (χ1v) is 12.0. The molecular weight excluding hydrogens is 438 g/mol. The van der Waals surface area contributed by atoms with Crippen molar-refractivity contribution in [3.63, 3.8) is 0 Å². The lowest BCUT2D eigenvalue weighted by molar-refractivity contribution is -0.113. The molecule has 4 aromatic rings. The number of nitrogens with one attached hydrogen (secondary N) is 1. The van der Waals surface area contributed by atoms with E-state index in [1.165, 1.54) is 11.8 Å². The molecule has 0 aliphatic heterocycles. The Bertz CT molecular complexity index is 1340. The van der Waals surface area contributed by atoms with Gasteiger partial charge < -0.3 is 14.5 Å². The van der Waals surface area contributed by atoms with Gasteiger partial charge >= 0.3 is 0 Å². The van der Waals surface area contributed by atoms with Crippen molar-refractivity contribution in [2.24, 2.45) is 5.92 Å². The lowest BCUT2D eigenvalue weighted by Crippen LogP contribution is -2.24. The Hall–Kier alpha value is -3.26. The number of ether oxygens (including phenoxy) is 1. The Morgan fingerprint density at radius 3 is 2.73 bits per heavy atom. The summed E-state index contributed by atoms with van der Waals surface area (Å²) in [5, 5.41) is 4.19. The van der Waals surface area contributed by atoms with Crippen molar-refractivity contribution in [1.82, 2.24) is 9.55 Å². The van der Waals surface area contributed by atoms with Crippen molar-refractivity contribution < 1.29 is 13.9 Å². The van der Waals surface area contributed by atoms with Gasteiger partial charge in [0.2, 0.25) is 11.5 Å². The van der Waals surface area contributed by atoms with E-state index in [0.29, 0.717) is 46.8 Å². The monoisotopic (exact) mass is 465 g/mol. The first kappa shape index (κ1) is 22.9. The molecule has 33 heavy (non-hydrogen) atoms. The molecule has 0 atom stereocenters. The average molecular weight is 466 g/mol. The minimum absolute atomic E-state index is 0.107. The van der Waals surface area contributed by atoms with Crippen LogP contribution in [-0.2, 0) is 11.3 Å². The number of nitrogens with zero attached hydrogens (tertiary/aromatic N) is 2. The molecule has 1 N–H and O–H groups in total. The van der Waals surface area contributed by atoms with Crippen LogP contribution in [0.3, 0.4) is 0 Å². The molecule has 0 fully saturated rings. The average Bonchev–Trinajstić information content (AvgIpc) is 3.17. The smallest absolute Gasteiger partial charge is 0.297 e. The maximum Gasteiger partial charge on any atom is 0.297 e. The van der Waals surface area contributed by atoms with Crippen molar-refractivity contribution in [3.8, 4) is 5.75 Å². The highest BCUT2D eigenvalue weighted by Crippen LogP contribution is 2.28. The second-order valence-electron chi connectivity index (χ2n) is 8.08. The number of hydrogen-bond acceptors (Lipinski definition) is 6. The van der Waals surface area contributed by atoms with Crippen LogP contribution in [0.2, 0.25) is 0 Å². The number of carbonyl (C=O) groups excluding carboxylic acids is 1. The molecule has 7 nitrogen and oxygen atoms in total. The van der Waals surface area contributed by atoms with Crippen molar-refractivity contribution in [2.75, 3.05) is 17.7 Å². The predicted molar refractivity (Wildman–Crippen MR) is 132 cm³/mol. The summed E-state index contributed by atoms with van der Waals surface area (Å²) in [7, 11) is 0. The number of carbonyl (C=O) groups is 1. The van der Waals surface area contributed by atoms with Gasteiger partial charge in [-0.05, 0) is 43.5 Å². The third kappa shape index (κ3) is 5.06. The zero-order chi connectivity index (χ0) is 23.4. The third-order valence-electron chi connectivity index (χ3n) is 5.17. The van der Waals surface area contributed by atoms with Gasteiger partial charge in [0, 0.05) is 11.9 Å². The number of rotatable bonds is 9. The molecular formula is C25H27N3O4S. The highest BCUT2D eigenvalue weighted by atomic mass is 32.2. The number of amides is 1. The maximum atomic E-state index is 13.3. The van der Waals surface area contributed by atoms with Gasteiger partial charge in [0.25, 0.3) is 5.56 Å². The van der Waals surface area contributed by atoms with Gasteiger partial charge in [-0.15, -0.1) is 0 Å². The van der Waals surface area contributed by atoms with Crippen LogP contribution in [0.15, 0.2) is 62.9 Å². The maximum absolute atomic E-state index is 13.3. The molecule has 0 unspecified atom stereocenters. The summed E-state index contributed by atoms with van der Waals surface area (Å²) in [5.74, 6) is 0.945. The van der Waals surface area contributed by atoms with Crippen LogP contribution in [0.4, 0.5) is 5.69 Å². The van der Waals surface area contributed by atoms with Gasteiger partial charge in [-0.25, -0.2) is 4.98 Å². The van der Waals surface area contributed by atoms with E-state index in [9.17, 15) is 9.59 Å². The van der Waals surface area contributed by atoms with Crippen LogP contribution in [0.5, 0.6) is 5.75 Å². The van der Waals surface area contributed by atoms with Crippen LogP contribution in [-0.4, -0.2) is 27.8 Å². The van der Waals surface area contributed by atoms with Gasteiger partial charge in [0.15, 0.2) is 5.16 Å². The normalized spacial score (nSPS) is 11.4. The number of aromatic nitrogens is 2. The molecule has 2 heterocycles. The summed E-state index contributed by atoms with van der Waals surface area (Å²) in [4.78, 5) is 30.7. The Kier molecular flexibility index (Phi) is 7.03. The van der Waals surface area contributed by atoms with Crippen LogP contribution < -0.4 is 15.6 Å². The van der Waals surface area contributed by atoms with Crippen LogP contribution in [0.25, 0.3) is 22.1 Å². The molecule has 0 saturated carbocycles. The number of anilines is 1. The largest absolute Gasteiger partial charge is 0.492 e. The van der Waals surface area contributed by atoms with Gasteiger partial charge in [-0.1, -0.05) is 49.9 Å². The van der Waals surface area contributed by atoms with E-state index in [4.69, 9.17) is 14.1 Å². The number of hydrogen-bond donors (Lipinski definition) is 1. The molecule has 0 spiro atoms. The summed E-state index contributed by atoms with van der Waals surface area (Å²) in [6.45, 7) is 7.12. The zero-order valence-corrected chi connectivity index (χ0v) is 19.8. The van der Waals surface area contributed by atoms with E-state index in [1.807, 2.05) is 49.4 Å². The summed E-state index contributed by atoms with van der Waals surface area (Å²) in [6.07, 6.45) is 0.814. The third-order valence-corrected chi connectivity index (χ3v) is 6.15. The second kappa shape index (κ2) is 10.1. The standard InChI is InChI=1S/C25H27N3O4S/c1-4-31-20-12-8-6-10-18(20)26-21(29)15-33-25-27-22-17-9-5-7-11-19(17)32-23(22)24(30)28(25)14-13-16(2)3/h5-12,16H,4,13-15H2,1-3H3,(H,26,29). The number of furan rings is 1. The van der Waals surface area contributed by atoms with Crippen molar-refractivity contribution in [2.45, 2.75) is 38.9 Å². The van der Waals surface area contributed by atoms with Crippen LogP contribution >= 0.6 is 11.8 Å². The Morgan fingerprint density at radius 1 is 1.18 bits per heavy atom. The summed E-state index contributed by atoms with van der Waals surface area (Å²) in [6, 6.07) is 14.8. The number of para-hydroxylation sites is 3. The number of fused-ring (bicyclic) bond motifs is 3. The molecule has 0 saturated heterocycles. The van der Waals surface area contributed by atoms with Crippen molar-refractivity contribution in [3.05, 3.63) is 58.9 Å². The molecule has 8 heteroatoms. The summed E-state index contributed by atoms with van der Waals surface area (Å²) < 4.78 is 13.0. The molecule has 2 aromatic heterocycles. The van der Waals surface area contributed by atoms with E-state index in [0.717, 1.165) is 11.8 Å². The topological polar surface area (TPSA) is 86.4 Å². The lowest BCUT2D eigenvalue weighted by atomic mass is 10.1. The molecule has 172 valence electrons. The van der Waals surface area contributed by atoms with Gasteiger partial charge in [0.1, 0.15) is 16.8 Å². The van der Waals surface area contributed by atoms with Gasteiger partial charge in [-0.2, -0.15) is 0 Å². The fourth-order valence-corrected chi connectivity index (χ4v) is 4.33. The molecule has 0 aliphatic rings. The minimum atomic E-state index is -0.221. The van der Waals surface area contributed by atoms with E-state index in [2.05, 4.69) is 19.2 Å².